The summed E-state index contributed by atoms with van der Waals surface area (Å²) < 4.78 is 34.1. The van der Waals surface area contributed by atoms with Crippen LogP contribution in [0.4, 0.5) is 0 Å². The van der Waals surface area contributed by atoms with Crippen molar-refractivity contribution in [1.29, 1.82) is 0 Å². The summed E-state index contributed by atoms with van der Waals surface area (Å²) >= 11 is 0. The molecule has 8 nitrogen and oxygen atoms in total. The Labute approximate surface area is 181 Å². The van der Waals surface area contributed by atoms with E-state index in [-0.39, 0.29) is 0 Å². The van der Waals surface area contributed by atoms with E-state index >= 15 is 0 Å². The van der Waals surface area contributed by atoms with E-state index in [1.165, 1.54) is 0 Å². The minimum Gasteiger partial charge on any atom is -0.374 e. The van der Waals surface area contributed by atoms with Gasteiger partial charge in [0.05, 0.1) is 0 Å². The molecular formula is C19H48N2O6Si2. The lowest BCUT2D eigenvalue weighted by Gasteiger charge is -2.28. The van der Waals surface area contributed by atoms with Crippen LogP contribution in [-0.4, -0.2) is 70.3 Å². The topological polar surface area (TPSA) is 107 Å². The third-order valence-electron chi connectivity index (χ3n) is 3.81. The summed E-state index contributed by atoms with van der Waals surface area (Å²) in [7, 11) is -4.78. The third-order valence-corrected chi connectivity index (χ3v) is 10.1. The van der Waals surface area contributed by atoms with Gasteiger partial charge in [-0.2, -0.15) is 0 Å². The van der Waals surface area contributed by atoms with Crippen LogP contribution in [-0.2, 0) is 26.6 Å². The molecule has 0 aliphatic rings. The van der Waals surface area contributed by atoms with Crippen LogP contribution in [0.1, 0.15) is 60.8 Å². The van der Waals surface area contributed by atoms with Gasteiger partial charge in [-0.05, 0) is 73.9 Å². The Hall–Kier alpha value is 0.114. The Morgan fingerprint density at radius 1 is 0.448 bits per heavy atom. The molecule has 0 saturated heterocycles. The summed E-state index contributed by atoms with van der Waals surface area (Å²) in [6, 6.07) is 1.69. The molecule has 0 aromatic heterocycles. The summed E-state index contributed by atoms with van der Waals surface area (Å²) in [6.45, 7) is 17.0. The zero-order valence-electron chi connectivity index (χ0n) is 19.8. The molecule has 0 aliphatic heterocycles. The van der Waals surface area contributed by atoms with Gasteiger partial charge in [-0.15, -0.1) is 0 Å². The quantitative estimate of drug-likeness (QED) is 0.225. The van der Waals surface area contributed by atoms with E-state index in [1.54, 1.807) is 0 Å². The van der Waals surface area contributed by atoms with Crippen LogP contribution in [0.15, 0.2) is 0 Å². The maximum Gasteiger partial charge on any atom is 0.500 e. The van der Waals surface area contributed by atoms with Gasteiger partial charge in [0.15, 0.2) is 0 Å². The summed E-state index contributed by atoms with van der Waals surface area (Å²) in [4.78, 5) is 0. The van der Waals surface area contributed by atoms with Crippen molar-refractivity contribution in [3.8, 4) is 0 Å². The lowest BCUT2D eigenvalue weighted by molar-refractivity contribution is 0.0700. The van der Waals surface area contributed by atoms with E-state index in [1.807, 2.05) is 41.5 Å². The van der Waals surface area contributed by atoms with E-state index in [0.717, 1.165) is 37.9 Å². The van der Waals surface area contributed by atoms with Gasteiger partial charge in [-0.1, -0.05) is 0 Å². The number of nitrogens with two attached hydrogens (primary N) is 2. The van der Waals surface area contributed by atoms with Crippen molar-refractivity contribution in [2.24, 2.45) is 11.5 Å². The SMILES string of the molecule is CCO[Si](CCCCN)(OCC)OCC.CCO[Si](CCCN)(OCC)OCC. The minimum atomic E-state index is -2.40. The average molecular weight is 457 g/mol. The maximum atomic E-state index is 5.71. The van der Waals surface area contributed by atoms with Crippen molar-refractivity contribution in [3.05, 3.63) is 0 Å². The molecule has 0 spiro atoms. The van der Waals surface area contributed by atoms with E-state index in [9.17, 15) is 0 Å². The van der Waals surface area contributed by atoms with Crippen LogP contribution in [0.25, 0.3) is 0 Å². The van der Waals surface area contributed by atoms with E-state index < -0.39 is 17.6 Å². The van der Waals surface area contributed by atoms with Crippen LogP contribution >= 0.6 is 0 Å². The molecular weight excluding hydrogens is 408 g/mol. The summed E-state index contributed by atoms with van der Waals surface area (Å²) in [5.41, 5.74) is 11.0. The number of hydrogen-bond donors (Lipinski definition) is 2. The first-order valence-corrected chi connectivity index (χ1v) is 15.1. The lowest BCUT2D eigenvalue weighted by Crippen LogP contribution is -2.46. The molecule has 0 aromatic carbocycles. The van der Waals surface area contributed by atoms with Gasteiger partial charge in [0, 0.05) is 51.7 Å². The number of hydrogen-bond acceptors (Lipinski definition) is 8. The zero-order chi connectivity index (χ0) is 22.4. The fraction of sp³-hybridized carbons (Fsp3) is 1.00. The van der Waals surface area contributed by atoms with Crippen molar-refractivity contribution in [3.63, 3.8) is 0 Å². The predicted molar refractivity (Wildman–Crippen MR) is 123 cm³/mol. The van der Waals surface area contributed by atoms with Crippen LogP contribution in [0.2, 0.25) is 12.1 Å². The molecule has 0 aliphatic carbocycles. The average Bonchev–Trinajstić information content (AvgIpc) is 2.68. The summed E-state index contributed by atoms with van der Waals surface area (Å²) in [6.07, 6.45) is 2.91. The van der Waals surface area contributed by atoms with Crippen molar-refractivity contribution in [1.82, 2.24) is 0 Å². The molecule has 0 unspecified atom stereocenters. The second-order valence-corrected chi connectivity index (χ2v) is 11.6. The Balaban J connectivity index is 0. The highest BCUT2D eigenvalue weighted by molar-refractivity contribution is 6.61. The normalized spacial score (nSPS) is 12.0. The second kappa shape index (κ2) is 21.3. The van der Waals surface area contributed by atoms with Crippen molar-refractivity contribution < 1.29 is 26.6 Å². The van der Waals surface area contributed by atoms with Gasteiger partial charge in [-0.25, -0.2) is 0 Å². The van der Waals surface area contributed by atoms with Gasteiger partial charge >= 0.3 is 17.6 Å². The Kier molecular flexibility index (Phi) is 23.0. The largest absolute Gasteiger partial charge is 0.500 e. The van der Waals surface area contributed by atoms with Gasteiger partial charge in [0.25, 0.3) is 0 Å². The fourth-order valence-electron chi connectivity index (χ4n) is 2.81. The van der Waals surface area contributed by atoms with Crippen molar-refractivity contribution >= 4 is 17.6 Å². The highest BCUT2D eigenvalue weighted by atomic mass is 28.4. The Morgan fingerprint density at radius 3 is 0.966 bits per heavy atom. The van der Waals surface area contributed by atoms with E-state index in [2.05, 4.69) is 0 Å². The van der Waals surface area contributed by atoms with Crippen LogP contribution < -0.4 is 11.5 Å². The van der Waals surface area contributed by atoms with Gasteiger partial charge < -0.3 is 38.0 Å². The summed E-state index contributed by atoms with van der Waals surface area (Å²) in [5, 5.41) is 0. The predicted octanol–water partition coefficient (Wildman–Crippen LogP) is 3.16. The van der Waals surface area contributed by atoms with Gasteiger partial charge in [0.1, 0.15) is 0 Å². The summed E-state index contributed by atoms with van der Waals surface area (Å²) in [5.74, 6) is 0. The molecule has 0 heterocycles. The van der Waals surface area contributed by atoms with Gasteiger partial charge in [0.2, 0.25) is 0 Å². The molecule has 29 heavy (non-hydrogen) atoms. The van der Waals surface area contributed by atoms with Crippen LogP contribution in [0.3, 0.4) is 0 Å². The van der Waals surface area contributed by atoms with Crippen LogP contribution in [0.5, 0.6) is 0 Å². The van der Waals surface area contributed by atoms with Crippen molar-refractivity contribution in [2.45, 2.75) is 72.9 Å². The maximum absolute atomic E-state index is 5.71. The molecule has 0 aromatic rings. The molecule has 0 radical (unpaired) electrons. The van der Waals surface area contributed by atoms with Gasteiger partial charge in [-0.3, -0.25) is 0 Å². The minimum absolute atomic E-state index is 0.636. The molecule has 178 valence electrons. The molecule has 0 bridgehead atoms. The highest BCUT2D eigenvalue weighted by Gasteiger charge is 2.40. The van der Waals surface area contributed by atoms with Crippen LogP contribution in [0, 0.1) is 0 Å². The molecule has 0 fully saturated rings. The molecule has 10 heteroatoms. The number of unbranched alkanes of at least 4 members (excludes halogenated alkanes) is 1. The first kappa shape index (κ1) is 31.3. The standard InChI is InChI=1S/C10H25NO3Si.C9H23NO3Si/c1-4-12-15(13-5-2,14-6-3)10-8-7-9-11;1-4-11-14(12-5-2,13-6-3)9-7-8-10/h4-11H2,1-3H3;4-10H2,1-3H3. The zero-order valence-corrected chi connectivity index (χ0v) is 21.8. The van der Waals surface area contributed by atoms with Crippen molar-refractivity contribution in [2.75, 3.05) is 52.7 Å². The molecule has 0 saturated carbocycles. The highest BCUT2D eigenvalue weighted by Crippen LogP contribution is 2.19. The third kappa shape index (κ3) is 15.5. The number of rotatable bonds is 19. The lowest BCUT2D eigenvalue weighted by atomic mass is 10.3. The molecule has 0 rings (SSSR count). The molecule has 4 N–H and O–H groups in total. The Bertz CT molecular complexity index is 310. The van der Waals surface area contributed by atoms with E-state index in [4.69, 9.17) is 38.0 Å². The first-order valence-electron chi connectivity index (χ1n) is 11.2. The smallest absolute Gasteiger partial charge is 0.374 e. The molecule has 0 atom stereocenters. The van der Waals surface area contributed by atoms with E-state index in [0.29, 0.717) is 46.2 Å². The first-order chi connectivity index (χ1) is 14.0. The second-order valence-electron chi connectivity index (χ2n) is 6.10. The molecule has 0 amide bonds. The monoisotopic (exact) mass is 456 g/mol. The fourth-order valence-corrected chi connectivity index (χ4v) is 8.13. The Morgan fingerprint density at radius 2 is 0.724 bits per heavy atom.